The molecule has 0 saturated heterocycles. The Kier molecular flexibility index (Phi) is 8.66. The van der Waals surface area contributed by atoms with E-state index in [1.165, 1.54) is 35.2 Å². The molecule has 2 rings (SSSR count). The fourth-order valence-corrected chi connectivity index (χ4v) is 3.25. The summed E-state index contributed by atoms with van der Waals surface area (Å²) in [5.41, 5.74) is 0.792. The molecule has 0 spiro atoms. The highest BCUT2D eigenvalue weighted by atomic mass is 19.1. The van der Waals surface area contributed by atoms with Crippen LogP contribution in [0.25, 0.3) is 0 Å². The summed E-state index contributed by atoms with van der Waals surface area (Å²) in [7, 11) is 0. The van der Waals surface area contributed by atoms with Crippen molar-refractivity contribution in [3.63, 3.8) is 0 Å². The first-order valence-electron chi connectivity index (χ1n) is 10.3. The maximum atomic E-state index is 13.3. The zero-order valence-corrected chi connectivity index (χ0v) is 18.0. The molecule has 2 aromatic rings. The lowest BCUT2D eigenvalue weighted by atomic mass is 10.0. The van der Waals surface area contributed by atoms with Crippen LogP contribution in [0, 0.1) is 15.9 Å². The summed E-state index contributed by atoms with van der Waals surface area (Å²) in [5, 5.41) is 14.2. The van der Waals surface area contributed by atoms with Crippen LogP contribution in [0.2, 0.25) is 0 Å². The quantitative estimate of drug-likeness (QED) is 0.456. The molecule has 2 atom stereocenters. The van der Waals surface area contributed by atoms with Gasteiger partial charge in [0.1, 0.15) is 11.9 Å². The molecular formula is C23H28FN3O4. The van der Waals surface area contributed by atoms with Crippen LogP contribution >= 0.6 is 0 Å². The summed E-state index contributed by atoms with van der Waals surface area (Å²) in [5.74, 6) is -1.09. The number of rotatable bonds is 10. The Hall–Kier alpha value is -3.29. The topological polar surface area (TPSA) is 92.6 Å². The van der Waals surface area contributed by atoms with Gasteiger partial charge in [-0.05, 0) is 37.5 Å². The molecule has 0 saturated carbocycles. The largest absolute Gasteiger partial charge is 0.352 e. The molecule has 1 N–H and O–H groups in total. The first-order valence-corrected chi connectivity index (χ1v) is 10.3. The van der Waals surface area contributed by atoms with E-state index < -0.39 is 22.7 Å². The molecule has 0 unspecified atom stereocenters. The Morgan fingerprint density at radius 2 is 1.74 bits per heavy atom. The Morgan fingerprint density at radius 1 is 1.10 bits per heavy atom. The zero-order chi connectivity index (χ0) is 23.0. The third kappa shape index (κ3) is 6.60. The second kappa shape index (κ2) is 11.2. The molecule has 0 aliphatic carbocycles. The van der Waals surface area contributed by atoms with E-state index in [9.17, 15) is 24.1 Å². The highest BCUT2D eigenvalue weighted by molar-refractivity contribution is 5.89. The number of nitro groups is 1. The van der Waals surface area contributed by atoms with E-state index in [0.717, 1.165) is 6.42 Å². The van der Waals surface area contributed by atoms with Crippen LogP contribution in [0.3, 0.4) is 0 Å². The fourth-order valence-electron chi connectivity index (χ4n) is 3.25. The van der Waals surface area contributed by atoms with E-state index in [-0.39, 0.29) is 36.2 Å². The van der Waals surface area contributed by atoms with E-state index in [2.05, 4.69) is 5.32 Å². The zero-order valence-electron chi connectivity index (χ0n) is 18.0. The summed E-state index contributed by atoms with van der Waals surface area (Å²) in [6.07, 6.45) is 0.891. The number of carbonyl (C=O) groups excluding carboxylic acids is 2. The number of halogens is 1. The summed E-state index contributed by atoms with van der Waals surface area (Å²) >= 11 is 0. The van der Waals surface area contributed by atoms with E-state index in [4.69, 9.17) is 0 Å². The lowest BCUT2D eigenvalue weighted by Gasteiger charge is -2.31. The van der Waals surface area contributed by atoms with Crippen molar-refractivity contribution in [3.8, 4) is 0 Å². The Balaban J connectivity index is 2.35. The lowest BCUT2D eigenvalue weighted by molar-refractivity contribution is -0.385. The second-order valence-electron chi connectivity index (χ2n) is 7.45. The van der Waals surface area contributed by atoms with Crippen LogP contribution in [0.5, 0.6) is 0 Å². The van der Waals surface area contributed by atoms with Crippen LogP contribution in [0.1, 0.15) is 44.7 Å². The van der Waals surface area contributed by atoms with Gasteiger partial charge in [-0.15, -0.1) is 0 Å². The molecule has 166 valence electrons. The Bertz CT molecular complexity index is 917. The minimum absolute atomic E-state index is 0.0560. The van der Waals surface area contributed by atoms with Gasteiger partial charge in [0.05, 0.1) is 11.3 Å². The van der Waals surface area contributed by atoms with Gasteiger partial charge in [0.2, 0.25) is 11.8 Å². The van der Waals surface area contributed by atoms with Gasteiger partial charge >= 0.3 is 0 Å². The molecule has 2 amide bonds. The van der Waals surface area contributed by atoms with E-state index in [1.807, 2.05) is 13.8 Å². The molecule has 0 heterocycles. The van der Waals surface area contributed by atoms with Gasteiger partial charge in [-0.1, -0.05) is 44.2 Å². The van der Waals surface area contributed by atoms with Gasteiger partial charge in [-0.3, -0.25) is 19.7 Å². The smallest absolute Gasteiger partial charge is 0.273 e. The maximum Gasteiger partial charge on any atom is 0.273 e. The third-order valence-electron chi connectivity index (χ3n) is 5.18. The maximum absolute atomic E-state index is 13.3. The average molecular weight is 429 g/mol. The standard InChI is InChI=1S/C23H28FN3O4/c1-4-16(3)25-23(29)20(5-2)26(15-17-10-12-19(24)13-11-17)22(28)14-18-8-6-7-9-21(18)27(30)31/h6-13,16,20H,4-5,14-15H2,1-3H3,(H,25,29)/t16-,20-/m1/s1. The summed E-state index contributed by atoms with van der Waals surface area (Å²) in [6, 6.07) is 10.9. The van der Waals surface area contributed by atoms with Crippen LogP contribution in [-0.2, 0) is 22.6 Å². The van der Waals surface area contributed by atoms with Crippen LogP contribution < -0.4 is 5.32 Å². The molecule has 0 radical (unpaired) electrons. The number of amides is 2. The first-order chi connectivity index (χ1) is 14.8. The fraction of sp³-hybridized carbons (Fsp3) is 0.391. The molecule has 7 nitrogen and oxygen atoms in total. The van der Waals surface area contributed by atoms with Crippen molar-refractivity contribution in [1.82, 2.24) is 10.2 Å². The summed E-state index contributed by atoms with van der Waals surface area (Å²) in [6.45, 7) is 5.72. The van der Waals surface area contributed by atoms with Gasteiger partial charge in [0.25, 0.3) is 5.69 Å². The van der Waals surface area contributed by atoms with Crippen molar-refractivity contribution in [2.45, 2.75) is 58.7 Å². The van der Waals surface area contributed by atoms with E-state index >= 15 is 0 Å². The number of nitrogens with zero attached hydrogens (tertiary/aromatic N) is 2. The van der Waals surface area contributed by atoms with Gasteiger partial charge in [0.15, 0.2) is 0 Å². The Labute approximate surface area is 181 Å². The highest BCUT2D eigenvalue weighted by Gasteiger charge is 2.30. The monoisotopic (exact) mass is 429 g/mol. The number of hydrogen-bond donors (Lipinski definition) is 1. The van der Waals surface area contributed by atoms with Gasteiger partial charge in [0, 0.05) is 24.2 Å². The molecule has 31 heavy (non-hydrogen) atoms. The number of carbonyl (C=O) groups is 2. The number of benzene rings is 2. The Morgan fingerprint density at radius 3 is 2.32 bits per heavy atom. The number of nitro benzene ring substituents is 1. The van der Waals surface area contributed by atoms with Crippen molar-refractivity contribution in [2.75, 3.05) is 0 Å². The van der Waals surface area contributed by atoms with Crippen molar-refractivity contribution < 1.29 is 18.9 Å². The number of hydrogen-bond acceptors (Lipinski definition) is 4. The van der Waals surface area contributed by atoms with E-state index in [1.54, 1.807) is 25.1 Å². The normalized spacial score (nSPS) is 12.6. The van der Waals surface area contributed by atoms with Crippen molar-refractivity contribution in [2.24, 2.45) is 0 Å². The van der Waals surface area contributed by atoms with Crippen molar-refractivity contribution in [3.05, 3.63) is 75.6 Å². The number of para-hydroxylation sites is 1. The molecule has 0 aromatic heterocycles. The molecular weight excluding hydrogens is 401 g/mol. The van der Waals surface area contributed by atoms with Gasteiger partial charge < -0.3 is 10.2 Å². The average Bonchev–Trinajstić information content (AvgIpc) is 2.75. The van der Waals surface area contributed by atoms with Crippen molar-refractivity contribution in [1.29, 1.82) is 0 Å². The van der Waals surface area contributed by atoms with Crippen LogP contribution in [-0.4, -0.2) is 33.7 Å². The van der Waals surface area contributed by atoms with Crippen LogP contribution in [0.15, 0.2) is 48.5 Å². The van der Waals surface area contributed by atoms with E-state index in [0.29, 0.717) is 12.0 Å². The van der Waals surface area contributed by atoms with Crippen molar-refractivity contribution >= 4 is 17.5 Å². The second-order valence-corrected chi connectivity index (χ2v) is 7.45. The van der Waals surface area contributed by atoms with Gasteiger partial charge in [-0.25, -0.2) is 4.39 Å². The predicted molar refractivity (Wildman–Crippen MR) is 116 cm³/mol. The lowest BCUT2D eigenvalue weighted by Crippen LogP contribution is -2.51. The van der Waals surface area contributed by atoms with Crippen LogP contribution in [0.4, 0.5) is 10.1 Å². The highest BCUT2D eigenvalue weighted by Crippen LogP contribution is 2.21. The number of nitrogens with one attached hydrogen (secondary N) is 1. The minimum Gasteiger partial charge on any atom is -0.352 e. The molecule has 2 aromatic carbocycles. The third-order valence-corrected chi connectivity index (χ3v) is 5.18. The molecule has 0 aliphatic heterocycles. The molecule has 0 fully saturated rings. The minimum atomic E-state index is -0.755. The first kappa shape index (κ1) is 24.0. The molecule has 8 heteroatoms. The molecule has 0 bridgehead atoms. The SMILES string of the molecule is CC[C@@H](C)NC(=O)[C@@H](CC)N(Cc1ccc(F)cc1)C(=O)Cc1ccccc1[N+](=O)[O-]. The predicted octanol–water partition coefficient (Wildman–Crippen LogP) is 4.00. The van der Waals surface area contributed by atoms with Gasteiger partial charge in [-0.2, -0.15) is 0 Å². The summed E-state index contributed by atoms with van der Waals surface area (Å²) < 4.78 is 13.3. The molecule has 0 aliphatic rings. The summed E-state index contributed by atoms with van der Waals surface area (Å²) in [4.78, 5) is 38.4.